The maximum Gasteiger partial charge on any atom is 0.418 e. The number of aryl methyl sites for hydroxylation is 1. The Morgan fingerprint density at radius 1 is 1.18 bits per heavy atom. The van der Waals surface area contributed by atoms with Crippen LogP contribution in [0.25, 0.3) is 0 Å². The van der Waals surface area contributed by atoms with Crippen molar-refractivity contribution >= 4 is 11.8 Å². The summed E-state index contributed by atoms with van der Waals surface area (Å²) in [4.78, 5) is 19.4. The molecule has 0 radical (unpaired) electrons. The second kappa shape index (κ2) is 5.07. The Morgan fingerprint density at radius 3 is 2.59 bits per heavy atom. The molecule has 0 saturated heterocycles. The van der Waals surface area contributed by atoms with Crippen molar-refractivity contribution in [1.82, 2.24) is 9.97 Å². The van der Waals surface area contributed by atoms with E-state index in [0.29, 0.717) is 5.69 Å². The van der Waals surface area contributed by atoms with E-state index in [1.165, 1.54) is 12.4 Å². The zero-order valence-corrected chi connectivity index (χ0v) is 9.25. The molecule has 5 nitrogen and oxygen atoms in total. The number of aromatic nitrogens is 2. The van der Waals surface area contributed by atoms with Crippen LogP contribution in [0.15, 0.2) is 42.7 Å². The van der Waals surface area contributed by atoms with Crippen LogP contribution in [0.2, 0.25) is 0 Å². The minimum absolute atomic E-state index is 0.170. The lowest BCUT2D eigenvalue weighted by Crippen LogP contribution is -2.17. The van der Waals surface area contributed by atoms with Gasteiger partial charge < -0.3 is 4.74 Å². The maximum absolute atomic E-state index is 11.5. The van der Waals surface area contributed by atoms with Crippen molar-refractivity contribution in [1.29, 1.82) is 0 Å². The fourth-order valence-electron chi connectivity index (χ4n) is 1.19. The van der Waals surface area contributed by atoms with E-state index in [-0.39, 0.29) is 5.88 Å². The van der Waals surface area contributed by atoms with Crippen molar-refractivity contribution in [3.8, 4) is 5.88 Å². The number of hydrogen-bond acceptors (Lipinski definition) is 4. The first-order valence-corrected chi connectivity index (χ1v) is 5.06. The van der Waals surface area contributed by atoms with E-state index in [9.17, 15) is 4.79 Å². The maximum atomic E-state index is 11.5. The molecular weight excluding hydrogens is 218 g/mol. The van der Waals surface area contributed by atoms with Crippen molar-refractivity contribution in [2.45, 2.75) is 6.92 Å². The summed E-state index contributed by atoms with van der Waals surface area (Å²) in [6.07, 6.45) is 2.35. The third kappa shape index (κ3) is 3.27. The van der Waals surface area contributed by atoms with E-state index >= 15 is 0 Å². The Kier molecular flexibility index (Phi) is 3.30. The molecule has 0 fully saturated rings. The zero-order valence-electron chi connectivity index (χ0n) is 9.25. The van der Waals surface area contributed by atoms with Gasteiger partial charge in [-0.15, -0.1) is 0 Å². The van der Waals surface area contributed by atoms with Gasteiger partial charge in [-0.1, -0.05) is 18.2 Å². The Hall–Kier alpha value is -2.43. The predicted molar refractivity (Wildman–Crippen MR) is 62.9 cm³/mol. The van der Waals surface area contributed by atoms with Gasteiger partial charge in [0.05, 0.1) is 18.1 Å². The normalized spacial score (nSPS) is 9.71. The predicted octanol–water partition coefficient (Wildman–Crippen LogP) is 2.40. The smallest absolute Gasteiger partial charge is 0.389 e. The molecule has 0 aliphatic heterocycles. The third-order valence-corrected chi connectivity index (χ3v) is 1.97. The van der Waals surface area contributed by atoms with Crippen molar-refractivity contribution in [3.63, 3.8) is 0 Å². The van der Waals surface area contributed by atoms with Gasteiger partial charge in [0.1, 0.15) is 0 Å². The number of anilines is 1. The van der Waals surface area contributed by atoms with E-state index in [1.54, 1.807) is 19.1 Å². The second-order valence-corrected chi connectivity index (χ2v) is 3.38. The number of rotatable bonds is 2. The van der Waals surface area contributed by atoms with Crippen LogP contribution in [0.4, 0.5) is 10.5 Å². The van der Waals surface area contributed by atoms with Crippen LogP contribution in [0, 0.1) is 6.92 Å². The lowest BCUT2D eigenvalue weighted by molar-refractivity contribution is 0.213. The number of nitrogens with one attached hydrogen (secondary N) is 1. The van der Waals surface area contributed by atoms with Crippen molar-refractivity contribution in [2.24, 2.45) is 0 Å². The van der Waals surface area contributed by atoms with E-state index in [2.05, 4.69) is 15.3 Å². The topological polar surface area (TPSA) is 64.1 Å². The highest BCUT2D eigenvalue weighted by Crippen LogP contribution is 2.08. The first kappa shape index (κ1) is 11.1. The van der Waals surface area contributed by atoms with Crippen LogP contribution in [0.1, 0.15) is 5.69 Å². The molecule has 0 aliphatic rings. The lowest BCUT2D eigenvalue weighted by Gasteiger charge is -2.05. The Bertz CT molecular complexity index is 497. The average molecular weight is 229 g/mol. The van der Waals surface area contributed by atoms with Crippen LogP contribution in [0.3, 0.4) is 0 Å². The average Bonchev–Trinajstić information content (AvgIpc) is 2.33. The number of nitrogens with zero attached hydrogens (tertiary/aromatic N) is 2. The summed E-state index contributed by atoms with van der Waals surface area (Å²) in [5, 5.41) is 2.58. The molecule has 1 N–H and O–H groups in total. The van der Waals surface area contributed by atoms with Gasteiger partial charge in [-0.2, -0.15) is 0 Å². The highest BCUT2D eigenvalue weighted by atomic mass is 16.6. The van der Waals surface area contributed by atoms with Crippen molar-refractivity contribution < 1.29 is 9.53 Å². The molecule has 86 valence electrons. The Labute approximate surface area is 98.5 Å². The summed E-state index contributed by atoms with van der Waals surface area (Å²) in [7, 11) is 0. The largest absolute Gasteiger partial charge is 0.418 e. The molecule has 0 unspecified atom stereocenters. The van der Waals surface area contributed by atoms with Gasteiger partial charge in [0.2, 0.25) is 5.88 Å². The summed E-state index contributed by atoms with van der Waals surface area (Å²) in [6, 6.07) is 9.04. The fourth-order valence-corrected chi connectivity index (χ4v) is 1.19. The van der Waals surface area contributed by atoms with Gasteiger partial charge in [-0.05, 0) is 19.1 Å². The molecule has 0 bridgehead atoms. The lowest BCUT2D eigenvalue weighted by atomic mass is 10.3. The van der Waals surface area contributed by atoms with Crippen LogP contribution < -0.4 is 10.1 Å². The first-order chi connectivity index (χ1) is 8.24. The van der Waals surface area contributed by atoms with E-state index in [4.69, 9.17) is 4.74 Å². The number of carbonyl (C=O) groups is 1. The molecule has 0 atom stereocenters. The molecule has 1 aromatic carbocycles. The van der Waals surface area contributed by atoms with Crippen LogP contribution in [-0.4, -0.2) is 16.1 Å². The molecule has 0 spiro atoms. The molecule has 17 heavy (non-hydrogen) atoms. The third-order valence-electron chi connectivity index (χ3n) is 1.97. The molecule has 1 amide bonds. The van der Waals surface area contributed by atoms with Crippen LogP contribution >= 0.6 is 0 Å². The first-order valence-electron chi connectivity index (χ1n) is 5.06. The van der Waals surface area contributed by atoms with E-state index in [1.807, 2.05) is 18.2 Å². The number of amides is 1. The van der Waals surface area contributed by atoms with Gasteiger partial charge in [-0.3, -0.25) is 10.3 Å². The molecule has 0 saturated carbocycles. The molecule has 2 rings (SSSR count). The Morgan fingerprint density at radius 2 is 1.94 bits per heavy atom. The molecule has 1 aromatic heterocycles. The minimum Gasteiger partial charge on any atom is -0.389 e. The van der Waals surface area contributed by atoms with Gasteiger partial charge in [0.15, 0.2) is 0 Å². The monoisotopic (exact) mass is 229 g/mol. The Balaban J connectivity index is 1.96. The number of benzene rings is 1. The second-order valence-electron chi connectivity index (χ2n) is 3.38. The number of carbonyl (C=O) groups excluding carboxylic acids is 1. The highest BCUT2D eigenvalue weighted by molar-refractivity contribution is 5.85. The number of hydrogen-bond donors (Lipinski definition) is 1. The van der Waals surface area contributed by atoms with Crippen molar-refractivity contribution in [2.75, 3.05) is 5.32 Å². The zero-order chi connectivity index (χ0) is 12.1. The molecule has 1 heterocycles. The summed E-state index contributed by atoms with van der Waals surface area (Å²) in [5.74, 6) is 0.170. The highest BCUT2D eigenvalue weighted by Gasteiger charge is 2.05. The molecular formula is C12H11N3O2. The van der Waals surface area contributed by atoms with Gasteiger partial charge in [0.25, 0.3) is 0 Å². The molecule has 5 heteroatoms. The van der Waals surface area contributed by atoms with E-state index < -0.39 is 6.09 Å². The minimum atomic E-state index is -0.589. The van der Waals surface area contributed by atoms with E-state index in [0.717, 1.165) is 5.69 Å². The van der Waals surface area contributed by atoms with Gasteiger partial charge in [0, 0.05) is 5.69 Å². The standard InChI is InChI=1S/C12H11N3O2/c1-9-7-14-11(8-13-9)17-12(16)15-10-5-3-2-4-6-10/h2-8H,1H3,(H,15,16). The molecule has 2 aromatic rings. The van der Waals surface area contributed by atoms with Gasteiger partial charge in [-0.25, -0.2) is 9.78 Å². The SMILES string of the molecule is Cc1cnc(OC(=O)Nc2ccccc2)cn1. The van der Waals surface area contributed by atoms with Gasteiger partial charge >= 0.3 is 6.09 Å². The number of para-hydroxylation sites is 1. The summed E-state index contributed by atoms with van der Waals surface area (Å²) in [6.45, 7) is 1.81. The number of ether oxygens (including phenoxy) is 1. The van der Waals surface area contributed by atoms with Crippen molar-refractivity contribution in [3.05, 3.63) is 48.4 Å². The fraction of sp³-hybridized carbons (Fsp3) is 0.0833. The summed E-state index contributed by atoms with van der Waals surface area (Å²) >= 11 is 0. The summed E-state index contributed by atoms with van der Waals surface area (Å²) < 4.78 is 4.95. The summed E-state index contributed by atoms with van der Waals surface area (Å²) in [5.41, 5.74) is 1.43. The quantitative estimate of drug-likeness (QED) is 0.858. The van der Waals surface area contributed by atoms with Crippen LogP contribution in [0.5, 0.6) is 5.88 Å². The molecule has 0 aliphatic carbocycles. The van der Waals surface area contributed by atoms with Crippen LogP contribution in [-0.2, 0) is 0 Å².